The van der Waals surface area contributed by atoms with E-state index in [0.717, 1.165) is 10.9 Å². The fourth-order valence-corrected chi connectivity index (χ4v) is 1.56. The lowest BCUT2D eigenvalue weighted by Crippen LogP contribution is -1.93. The van der Waals surface area contributed by atoms with E-state index in [4.69, 9.17) is 5.26 Å². The first kappa shape index (κ1) is 9.60. The molecule has 0 radical (unpaired) electrons. The van der Waals surface area contributed by atoms with Crippen LogP contribution in [0.15, 0.2) is 18.2 Å². The molecule has 1 aromatic heterocycles. The minimum absolute atomic E-state index is 0.412. The maximum absolute atomic E-state index is 13.3. The van der Waals surface area contributed by atoms with E-state index in [2.05, 4.69) is 4.98 Å². The van der Waals surface area contributed by atoms with E-state index in [9.17, 15) is 4.39 Å². The van der Waals surface area contributed by atoms with Crippen molar-refractivity contribution in [3.8, 4) is 6.07 Å². The number of pyridine rings is 1. The van der Waals surface area contributed by atoms with Gasteiger partial charge in [-0.1, -0.05) is 6.07 Å². The molecule has 2 nitrogen and oxygen atoms in total. The molecular weight excluding hydrogens is 191 g/mol. The Morgan fingerprint density at radius 2 is 2.00 bits per heavy atom. The van der Waals surface area contributed by atoms with E-state index in [1.165, 1.54) is 0 Å². The summed E-state index contributed by atoms with van der Waals surface area (Å²) in [6, 6.07) is 7.26. The van der Waals surface area contributed by atoms with Gasteiger partial charge < -0.3 is 0 Å². The van der Waals surface area contributed by atoms with E-state index >= 15 is 0 Å². The van der Waals surface area contributed by atoms with Crippen molar-refractivity contribution in [3.63, 3.8) is 0 Å². The van der Waals surface area contributed by atoms with Crippen LogP contribution < -0.4 is 0 Å². The second-order valence-corrected chi connectivity index (χ2v) is 3.53. The number of aryl methyl sites for hydroxylation is 2. The fraction of sp³-hybridized carbons (Fsp3) is 0.167. The summed E-state index contributed by atoms with van der Waals surface area (Å²) < 4.78 is 13.3. The first-order chi connectivity index (χ1) is 7.13. The van der Waals surface area contributed by atoms with E-state index in [1.807, 2.05) is 19.1 Å². The zero-order chi connectivity index (χ0) is 11.0. The molecule has 0 saturated heterocycles. The molecule has 0 unspecified atom stereocenters. The predicted molar refractivity (Wildman–Crippen MR) is 55.9 cm³/mol. The summed E-state index contributed by atoms with van der Waals surface area (Å²) in [4.78, 5) is 3.82. The molecule has 2 rings (SSSR count). The van der Waals surface area contributed by atoms with Gasteiger partial charge >= 0.3 is 0 Å². The molecule has 0 fully saturated rings. The first-order valence-corrected chi connectivity index (χ1v) is 4.60. The molecule has 2 aromatic rings. The van der Waals surface area contributed by atoms with Crippen molar-refractivity contribution in [3.05, 3.63) is 40.8 Å². The average Bonchev–Trinajstić information content (AvgIpc) is 2.22. The molecular formula is C12H9FN2. The third-order valence-electron chi connectivity index (χ3n) is 2.45. The SMILES string of the molecule is Cc1cc2c(C)ccc(C#N)c2nc1F. The summed E-state index contributed by atoms with van der Waals surface area (Å²) in [7, 11) is 0. The van der Waals surface area contributed by atoms with Crippen LogP contribution in [-0.4, -0.2) is 4.98 Å². The predicted octanol–water partition coefficient (Wildman–Crippen LogP) is 2.86. The van der Waals surface area contributed by atoms with Crippen molar-refractivity contribution in [2.45, 2.75) is 13.8 Å². The third-order valence-corrected chi connectivity index (χ3v) is 2.45. The van der Waals surface area contributed by atoms with Crippen molar-refractivity contribution in [2.24, 2.45) is 0 Å². The number of halogens is 1. The largest absolute Gasteiger partial charge is 0.218 e. The maximum Gasteiger partial charge on any atom is 0.216 e. The number of hydrogen-bond donors (Lipinski definition) is 0. The minimum Gasteiger partial charge on any atom is -0.218 e. The molecule has 1 heterocycles. The number of nitriles is 1. The van der Waals surface area contributed by atoms with Gasteiger partial charge in [0.25, 0.3) is 0 Å². The minimum atomic E-state index is -0.510. The highest BCUT2D eigenvalue weighted by Crippen LogP contribution is 2.22. The van der Waals surface area contributed by atoms with E-state index in [1.54, 1.807) is 19.1 Å². The normalized spacial score (nSPS) is 10.3. The number of rotatable bonds is 0. The third kappa shape index (κ3) is 1.44. The quantitative estimate of drug-likeness (QED) is 0.613. The van der Waals surface area contributed by atoms with Gasteiger partial charge in [0.1, 0.15) is 6.07 Å². The molecule has 74 valence electrons. The van der Waals surface area contributed by atoms with Gasteiger partial charge in [0.15, 0.2) is 0 Å². The summed E-state index contributed by atoms with van der Waals surface area (Å²) in [5.41, 5.74) is 2.36. The molecule has 15 heavy (non-hydrogen) atoms. The topological polar surface area (TPSA) is 36.7 Å². The molecule has 0 atom stereocenters. The van der Waals surface area contributed by atoms with Gasteiger partial charge in [-0.15, -0.1) is 0 Å². The summed E-state index contributed by atoms with van der Waals surface area (Å²) in [6.07, 6.45) is 0. The van der Waals surface area contributed by atoms with Crippen LogP contribution in [0, 0.1) is 31.1 Å². The van der Waals surface area contributed by atoms with Crippen molar-refractivity contribution >= 4 is 10.9 Å². The summed E-state index contributed by atoms with van der Waals surface area (Å²) in [5, 5.41) is 9.71. The molecule has 0 aliphatic rings. The first-order valence-electron chi connectivity index (χ1n) is 4.60. The number of fused-ring (bicyclic) bond motifs is 1. The second-order valence-electron chi connectivity index (χ2n) is 3.53. The standard InChI is InChI=1S/C12H9FN2/c1-7-3-4-9(6-14)11-10(7)5-8(2)12(13)15-11/h3-5H,1-2H3. The van der Waals surface area contributed by atoms with Gasteiger partial charge in [0, 0.05) is 10.9 Å². The highest BCUT2D eigenvalue weighted by atomic mass is 19.1. The Morgan fingerprint density at radius 3 is 2.67 bits per heavy atom. The van der Waals surface area contributed by atoms with E-state index < -0.39 is 5.95 Å². The van der Waals surface area contributed by atoms with Crippen LogP contribution in [-0.2, 0) is 0 Å². The van der Waals surface area contributed by atoms with E-state index in [0.29, 0.717) is 16.6 Å². The molecule has 1 aromatic carbocycles. The monoisotopic (exact) mass is 200 g/mol. The number of nitrogens with zero attached hydrogens (tertiary/aromatic N) is 2. The molecule has 0 aliphatic carbocycles. The summed E-state index contributed by atoms with van der Waals surface area (Å²) in [6.45, 7) is 3.59. The second kappa shape index (κ2) is 3.32. The van der Waals surface area contributed by atoms with Gasteiger partial charge in [-0.3, -0.25) is 0 Å². The van der Waals surface area contributed by atoms with Gasteiger partial charge in [0.2, 0.25) is 5.95 Å². The van der Waals surface area contributed by atoms with Gasteiger partial charge in [0.05, 0.1) is 11.1 Å². The summed E-state index contributed by atoms with van der Waals surface area (Å²) >= 11 is 0. The van der Waals surface area contributed by atoms with Crippen molar-refractivity contribution < 1.29 is 4.39 Å². The fourth-order valence-electron chi connectivity index (χ4n) is 1.56. The molecule has 0 bridgehead atoms. The molecule has 0 spiro atoms. The van der Waals surface area contributed by atoms with Crippen molar-refractivity contribution in [1.82, 2.24) is 4.98 Å². The Balaban J connectivity index is 2.96. The van der Waals surface area contributed by atoms with Crippen molar-refractivity contribution in [1.29, 1.82) is 5.26 Å². The average molecular weight is 200 g/mol. The van der Waals surface area contributed by atoms with Crippen LogP contribution in [0.25, 0.3) is 10.9 Å². The van der Waals surface area contributed by atoms with Crippen LogP contribution in [0.3, 0.4) is 0 Å². The zero-order valence-corrected chi connectivity index (χ0v) is 8.50. The lowest BCUT2D eigenvalue weighted by atomic mass is 10.0. The van der Waals surface area contributed by atoms with Crippen LogP contribution >= 0.6 is 0 Å². The smallest absolute Gasteiger partial charge is 0.216 e. The number of aromatic nitrogens is 1. The number of benzene rings is 1. The van der Waals surface area contributed by atoms with Gasteiger partial charge in [-0.2, -0.15) is 9.65 Å². The van der Waals surface area contributed by atoms with Gasteiger partial charge in [-0.25, -0.2) is 4.98 Å². The molecule has 0 N–H and O–H groups in total. The lowest BCUT2D eigenvalue weighted by Gasteiger charge is -2.04. The Morgan fingerprint density at radius 1 is 1.27 bits per heavy atom. The maximum atomic E-state index is 13.3. The molecule has 0 aliphatic heterocycles. The van der Waals surface area contributed by atoms with Crippen LogP contribution in [0.1, 0.15) is 16.7 Å². The van der Waals surface area contributed by atoms with E-state index in [-0.39, 0.29) is 0 Å². The molecule has 0 saturated carbocycles. The van der Waals surface area contributed by atoms with Crippen LogP contribution in [0.2, 0.25) is 0 Å². The Kier molecular flexibility index (Phi) is 2.12. The van der Waals surface area contributed by atoms with Crippen molar-refractivity contribution in [2.75, 3.05) is 0 Å². The van der Waals surface area contributed by atoms with Crippen LogP contribution in [0.5, 0.6) is 0 Å². The lowest BCUT2D eigenvalue weighted by molar-refractivity contribution is 0.580. The zero-order valence-electron chi connectivity index (χ0n) is 8.50. The van der Waals surface area contributed by atoms with Crippen LogP contribution in [0.4, 0.5) is 4.39 Å². The Hall–Kier alpha value is -1.95. The highest BCUT2D eigenvalue weighted by Gasteiger charge is 2.08. The Labute approximate surface area is 87.0 Å². The van der Waals surface area contributed by atoms with Gasteiger partial charge in [-0.05, 0) is 31.5 Å². The highest BCUT2D eigenvalue weighted by molar-refractivity contribution is 5.87. The number of hydrogen-bond acceptors (Lipinski definition) is 2. The summed E-state index contributed by atoms with van der Waals surface area (Å²) in [5.74, 6) is -0.510. The molecule has 0 amide bonds. The molecule has 3 heteroatoms. The Bertz CT molecular complexity index is 582.